The van der Waals surface area contributed by atoms with Crippen LogP contribution in [0, 0.1) is 0 Å². The number of hydrogen-bond donors (Lipinski definition) is 2. The monoisotopic (exact) mass is 225 g/mol. The van der Waals surface area contributed by atoms with Crippen LogP contribution < -0.4 is 10.6 Å². The fraction of sp³-hybridized carbons (Fsp3) is 0.917. The molecule has 4 nitrogen and oxygen atoms in total. The first-order valence-electron chi connectivity index (χ1n) is 6.26. The maximum atomic E-state index is 12.1. The Balaban J connectivity index is 2.04. The van der Waals surface area contributed by atoms with Crippen molar-refractivity contribution >= 4 is 5.91 Å². The van der Waals surface area contributed by atoms with Gasteiger partial charge >= 0.3 is 0 Å². The van der Waals surface area contributed by atoms with Gasteiger partial charge in [-0.2, -0.15) is 0 Å². The van der Waals surface area contributed by atoms with Crippen molar-refractivity contribution in [1.29, 1.82) is 0 Å². The van der Waals surface area contributed by atoms with Gasteiger partial charge in [-0.1, -0.05) is 0 Å². The van der Waals surface area contributed by atoms with Crippen molar-refractivity contribution in [3.8, 4) is 0 Å². The van der Waals surface area contributed by atoms with Crippen LogP contribution in [0.5, 0.6) is 0 Å². The second kappa shape index (κ2) is 4.34. The fourth-order valence-corrected chi connectivity index (χ4v) is 2.54. The predicted molar refractivity (Wildman–Crippen MR) is 64.3 cm³/mol. The van der Waals surface area contributed by atoms with E-state index in [0.717, 1.165) is 19.5 Å². The van der Waals surface area contributed by atoms with Crippen molar-refractivity contribution in [2.45, 2.75) is 50.7 Å². The van der Waals surface area contributed by atoms with Crippen LogP contribution in [0.1, 0.15) is 33.1 Å². The summed E-state index contributed by atoms with van der Waals surface area (Å²) in [4.78, 5) is 14.5. The molecule has 2 fully saturated rings. The lowest BCUT2D eigenvalue weighted by molar-refractivity contribution is -0.133. The van der Waals surface area contributed by atoms with Gasteiger partial charge in [-0.3, -0.25) is 9.69 Å². The lowest BCUT2D eigenvalue weighted by atomic mass is 9.96. The van der Waals surface area contributed by atoms with Crippen LogP contribution >= 0.6 is 0 Å². The summed E-state index contributed by atoms with van der Waals surface area (Å²) < 4.78 is 0. The molecule has 1 saturated heterocycles. The molecule has 16 heavy (non-hydrogen) atoms. The average Bonchev–Trinajstić information content (AvgIpc) is 2.97. The predicted octanol–water partition coefficient (Wildman–Crippen LogP) is 0.337. The number of carbonyl (C=O) groups is 1. The van der Waals surface area contributed by atoms with E-state index in [2.05, 4.69) is 29.4 Å². The second-order valence-corrected chi connectivity index (χ2v) is 5.68. The molecule has 2 N–H and O–H groups in total. The molecule has 0 aromatic heterocycles. The number of rotatable bonds is 4. The van der Waals surface area contributed by atoms with Crippen LogP contribution in [-0.4, -0.2) is 48.6 Å². The Kier molecular flexibility index (Phi) is 3.22. The molecule has 1 aliphatic carbocycles. The summed E-state index contributed by atoms with van der Waals surface area (Å²) in [6.45, 7) is 6.10. The highest BCUT2D eigenvalue weighted by Crippen LogP contribution is 2.32. The highest BCUT2D eigenvalue weighted by atomic mass is 16.2. The van der Waals surface area contributed by atoms with E-state index in [9.17, 15) is 4.79 Å². The SMILES string of the molecule is CNCCC1C(=O)NC(C)(C)CN1C1CC1. The lowest BCUT2D eigenvalue weighted by Gasteiger charge is -2.44. The van der Waals surface area contributed by atoms with Crippen molar-refractivity contribution < 1.29 is 4.79 Å². The van der Waals surface area contributed by atoms with Crippen LogP contribution in [-0.2, 0) is 4.79 Å². The van der Waals surface area contributed by atoms with E-state index >= 15 is 0 Å². The van der Waals surface area contributed by atoms with Crippen molar-refractivity contribution in [3.63, 3.8) is 0 Å². The summed E-state index contributed by atoms with van der Waals surface area (Å²) in [5, 5.41) is 6.25. The summed E-state index contributed by atoms with van der Waals surface area (Å²) in [5.74, 6) is 0.207. The van der Waals surface area contributed by atoms with Gasteiger partial charge in [0, 0.05) is 18.1 Å². The number of hydrogen-bond acceptors (Lipinski definition) is 3. The molecule has 2 aliphatic rings. The second-order valence-electron chi connectivity index (χ2n) is 5.68. The molecule has 1 saturated carbocycles. The topological polar surface area (TPSA) is 44.4 Å². The quantitative estimate of drug-likeness (QED) is 0.725. The third-order valence-electron chi connectivity index (χ3n) is 3.43. The molecular formula is C12H23N3O. The molecule has 0 spiro atoms. The molecule has 1 unspecified atom stereocenters. The highest BCUT2D eigenvalue weighted by molar-refractivity contribution is 5.83. The van der Waals surface area contributed by atoms with E-state index in [1.54, 1.807) is 0 Å². The maximum absolute atomic E-state index is 12.1. The standard InChI is InChI=1S/C12H23N3O/c1-12(2)8-15(9-4-5-9)10(6-7-13-3)11(16)14-12/h9-10,13H,4-8H2,1-3H3,(H,14,16). The van der Waals surface area contributed by atoms with E-state index in [0.29, 0.717) is 6.04 Å². The Morgan fingerprint density at radius 3 is 2.75 bits per heavy atom. The first-order valence-corrected chi connectivity index (χ1v) is 6.26. The lowest BCUT2D eigenvalue weighted by Crippen LogP contribution is -2.65. The van der Waals surface area contributed by atoms with Gasteiger partial charge in [0.05, 0.1) is 6.04 Å². The molecule has 4 heteroatoms. The summed E-state index contributed by atoms with van der Waals surface area (Å²) in [6.07, 6.45) is 3.44. The zero-order chi connectivity index (χ0) is 11.8. The van der Waals surface area contributed by atoms with E-state index in [-0.39, 0.29) is 17.5 Å². The van der Waals surface area contributed by atoms with Crippen molar-refractivity contribution in [1.82, 2.24) is 15.5 Å². The van der Waals surface area contributed by atoms with E-state index < -0.39 is 0 Å². The Labute approximate surface area is 97.8 Å². The summed E-state index contributed by atoms with van der Waals surface area (Å²) in [5.41, 5.74) is -0.0736. The first-order chi connectivity index (χ1) is 7.53. The average molecular weight is 225 g/mol. The van der Waals surface area contributed by atoms with Crippen molar-refractivity contribution in [2.24, 2.45) is 0 Å². The van der Waals surface area contributed by atoms with Gasteiger partial charge < -0.3 is 10.6 Å². The molecule has 0 radical (unpaired) electrons. The van der Waals surface area contributed by atoms with E-state index in [1.807, 2.05) is 7.05 Å². The van der Waals surface area contributed by atoms with Crippen LogP contribution in [0.25, 0.3) is 0 Å². The minimum Gasteiger partial charge on any atom is -0.349 e. The normalized spacial score (nSPS) is 30.2. The minimum absolute atomic E-state index is 0.0736. The zero-order valence-electron chi connectivity index (χ0n) is 10.5. The highest BCUT2D eigenvalue weighted by Gasteiger charge is 2.44. The summed E-state index contributed by atoms with van der Waals surface area (Å²) >= 11 is 0. The third kappa shape index (κ3) is 2.55. The molecule has 92 valence electrons. The molecule has 1 heterocycles. The first kappa shape index (κ1) is 11.9. The minimum atomic E-state index is -0.0736. The van der Waals surface area contributed by atoms with Crippen molar-refractivity contribution in [2.75, 3.05) is 20.1 Å². The van der Waals surface area contributed by atoms with Gasteiger partial charge in [0.15, 0.2) is 0 Å². The van der Waals surface area contributed by atoms with Crippen LogP contribution in [0.15, 0.2) is 0 Å². The molecule has 1 amide bonds. The number of nitrogens with zero attached hydrogens (tertiary/aromatic N) is 1. The van der Waals surface area contributed by atoms with Gasteiger partial charge in [-0.25, -0.2) is 0 Å². The Hall–Kier alpha value is -0.610. The van der Waals surface area contributed by atoms with Gasteiger partial charge in [-0.15, -0.1) is 0 Å². The van der Waals surface area contributed by atoms with Crippen LogP contribution in [0.3, 0.4) is 0 Å². The zero-order valence-corrected chi connectivity index (χ0v) is 10.5. The molecule has 2 rings (SSSR count). The Bertz CT molecular complexity index is 273. The summed E-state index contributed by atoms with van der Waals surface area (Å²) in [7, 11) is 1.94. The van der Waals surface area contributed by atoms with Gasteiger partial charge in [0.2, 0.25) is 5.91 Å². The molecule has 0 aromatic rings. The number of piperazine rings is 1. The van der Waals surface area contributed by atoms with E-state index in [4.69, 9.17) is 0 Å². The van der Waals surface area contributed by atoms with Gasteiger partial charge in [-0.05, 0) is 46.7 Å². The Morgan fingerprint density at radius 2 is 2.19 bits per heavy atom. The van der Waals surface area contributed by atoms with Gasteiger partial charge in [0.25, 0.3) is 0 Å². The number of carbonyl (C=O) groups excluding carboxylic acids is 1. The smallest absolute Gasteiger partial charge is 0.237 e. The largest absolute Gasteiger partial charge is 0.349 e. The number of amides is 1. The molecule has 0 aromatic carbocycles. The van der Waals surface area contributed by atoms with Crippen LogP contribution in [0.4, 0.5) is 0 Å². The van der Waals surface area contributed by atoms with Crippen molar-refractivity contribution in [3.05, 3.63) is 0 Å². The molecule has 1 aliphatic heterocycles. The van der Waals surface area contributed by atoms with Gasteiger partial charge in [0.1, 0.15) is 0 Å². The fourth-order valence-electron chi connectivity index (χ4n) is 2.54. The Morgan fingerprint density at radius 1 is 1.50 bits per heavy atom. The third-order valence-corrected chi connectivity index (χ3v) is 3.43. The van der Waals surface area contributed by atoms with Crippen LogP contribution in [0.2, 0.25) is 0 Å². The number of nitrogens with one attached hydrogen (secondary N) is 2. The summed E-state index contributed by atoms with van der Waals surface area (Å²) in [6, 6.07) is 0.736. The molecular weight excluding hydrogens is 202 g/mol. The molecule has 0 bridgehead atoms. The molecule has 1 atom stereocenters. The van der Waals surface area contributed by atoms with E-state index in [1.165, 1.54) is 12.8 Å². The maximum Gasteiger partial charge on any atom is 0.237 e.